The lowest BCUT2D eigenvalue weighted by molar-refractivity contribution is -0.141. The van der Waals surface area contributed by atoms with Crippen LogP contribution in [0.1, 0.15) is 53.0 Å². The maximum atomic E-state index is 12.6. The number of alkyl halides is 3. The second kappa shape index (κ2) is 14.1. The fourth-order valence-electron chi connectivity index (χ4n) is 4.35. The number of carbonyl (C=O) groups excluding carboxylic acids is 2. The molecule has 212 valence electrons. The summed E-state index contributed by atoms with van der Waals surface area (Å²) in [5.41, 5.74) is 0.794. The molecule has 40 heavy (non-hydrogen) atoms. The number of morpholine rings is 1. The average molecular weight is 556 g/mol. The third-order valence-electron chi connectivity index (χ3n) is 6.62. The van der Waals surface area contributed by atoms with Crippen molar-refractivity contribution in [1.82, 2.24) is 14.9 Å². The molecule has 7 nitrogen and oxygen atoms in total. The van der Waals surface area contributed by atoms with Gasteiger partial charge in [-0.05, 0) is 61.2 Å². The number of benzene rings is 1. The molecule has 10 heteroatoms. The van der Waals surface area contributed by atoms with Gasteiger partial charge in [0.1, 0.15) is 28.7 Å². The Morgan fingerprint density at radius 1 is 0.900 bits per heavy atom. The van der Waals surface area contributed by atoms with Gasteiger partial charge in [0.05, 0.1) is 13.2 Å². The number of hydrogen-bond acceptors (Lipinski definition) is 7. The van der Waals surface area contributed by atoms with E-state index in [0.29, 0.717) is 35.6 Å². The van der Waals surface area contributed by atoms with Crippen LogP contribution in [0.5, 0.6) is 11.5 Å². The summed E-state index contributed by atoms with van der Waals surface area (Å²) in [6, 6.07) is 12.7. The molecular formula is C30H32F3N3O4. The van der Waals surface area contributed by atoms with Crippen LogP contribution < -0.4 is 4.74 Å². The van der Waals surface area contributed by atoms with Gasteiger partial charge in [-0.25, -0.2) is 0 Å². The molecule has 3 aromatic rings. The average Bonchev–Trinajstić information content (AvgIpc) is 2.96. The van der Waals surface area contributed by atoms with Crippen molar-refractivity contribution in [3.63, 3.8) is 0 Å². The number of halogens is 3. The fraction of sp³-hybridized carbons (Fsp3) is 0.400. The highest BCUT2D eigenvalue weighted by atomic mass is 19.4. The fourth-order valence-corrected chi connectivity index (χ4v) is 4.35. The highest BCUT2D eigenvalue weighted by molar-refractivity contribution is 5.94. The second-order valence-corrected chi connectivity index (χ2v) is 9.72. The molecule has 0 amide bonds. The minimum Gasteiger partial charge on any atom is -0.457 e. The van der Waals surface area contributed by atoms with E-state index in [2.05, 4.69) is 14.9 Å². The number of nitrogens with zero attached hydrogens (tertiary/aromatic N) is 3. The number of Topliss-reactive ketones (excluding diaryl/α,β-unsaturated/α-hetero) is 2. The van der Waals surface area contributed by atoms with Gasteiger partial charge in [0.25, 0.3) is 0 Å². The molecule has 1 aliphatic rings. The van der Waals surface area contributed by atoms with Crippen molar-refractivity contribution in [3.8, 4) is 11.5 Å². The summed E-state index contributed by atoms with van der Waals surface area (Å²) < 4.78 is 49.1. The van der Waals surface area contributed by atoms with Crippen molar-refractivity contribution in [2.24, 2.45) is 0 Å². The third-order valence-corrected chi connectivity index (χ3v) is 6.62. The van der Waals surface area contributed by atoms with Crippen LogP contribution in [-0.2, 0) is 28.5 Å². The van der Waals surface area contributed by atoms with Crippen molar-refractivity contribution >= 4 is 11.6 Å². The van der Waals surface area contributed by atoms with Crippen LogP contribution in [0.3, 0.4) is 0 Å². The van der Waals surface area contributed by atoms with Gasteiger partial charge in [0.15, 0.2) is 5.78 Å². The van der Waals surface area contributed by atoms with E-state index in [1.165, 1.54) is 6.07 Å². The Morgan fingerprint density at radius 2 is 1.65 bits per heavy atom. The summed E-state index contributed by atoms with van der Waals surface area (Å²) in [5.74, 6) is 1.01. The quantitative estimate of drug-likeness (QED) is 0.197. The van der Waals surface area contributed by atoms with Crippen LogP contribution in [0.2, 0.25) is 0 Å². The second-order valence-electron chi connectivity index (χ2n) is 9.72. The van der Waals surface area contributed by atoms with E-state index in [0.717, 1.165) is 63.5 Å². The number of hydrogen-bond donors (Lipinski definition) is 0. The Balaban J connectivity index is 1.20. The number of carbonyl (C=O) groups is 2. The van der Waals surface area contributed by atoms with Crippen molar-refractivity contribution in [2.45, 2.75) is 44.7 Å². The molecule has 1 fully saturated rings. The molecule has 1 saturated heterocycles. The molecule has 1 aromatic carbocycles. The van der Waals surface area contributed by atoms with Gasteiger partial charge in [0.2, 0.25) is 0 Å². The van der Waals surface area contributed by atoms with E-state index in [4.69, 9.17) is 9.47 Å². The lowest BCUT2D eigenvalue weighted by Crippen LogP contribution is -2.36. The molecule has 0 bridgehead atoms. The summed E-state index contributed by atoms with van der Waals surface area (Å²) >= 11 is 0. The standard InChI is InChI=1S/C30H32F3N3O4/c31-30(32,33)29-11-7-23(21-35-29)4-8-24(37)19-22-5-9-25(10-6-22)40-26-12-13-34-27(20-26)28(38)3-1-2-14-36-15-17-39-18-16-36/h5-7,9-13,20-21H,1-4,8,14-19H2. The van der Waals surface area contributed by atoms with Gasteiger partial charge in [-0.2, -0.15) is 13.2 Å². The first-order chi connectivity index (χ1) is 19.3. The summed E-state index contributed by atoms with van der Waals surface area (Å²) in [6.45, 7) is 4.38. The normalized spacial score (nSPS) is 14.2. The predicted octanol–water partition coefficient (Wildman–Crippen LogP) is 5.72. The first kappa shape index (κ1) is 29.4. The molecule has 2 aromatic heterocycles. The highest BCUT2D eigenvalue weighted by Crippen LogP contribution is 2.27. The number of aryl methyl sites for hydroxylation is 1. The zero-order valence-corrected chi connectivity index (χ0v) is 22.2. The number of aromatic nitrogens is 2. The Hall–Kier alpha value is -3.63. The molecule has 0 saturated carbocycles. The molecule has 0 unspecified atom stereocenters. The summed E-state index contributed by atoms with van der Waals surface area (Å²) in [6.07, 6.45) is 1.13. The maximum Gasteiger partial charge on any atom is 0.433 e. The van der Waals surface area contributed by atoms with E-state index in [1.807, 2.05) is 0 Å². The van der Waals surface area contributed by atoms with Crippen LogP contribution in [0.25, 0.3) is 0 Å². The molecule has 0 spiro atoms. The van der Waals surface area contributed by atoms with E-state index >= 15 is 0 Å². The molecule has 0 N–H and O–H groups in total. The SMILES string of the molecule is O=C(CCc1ccc(C(F)(F)F)nc1)Cc1ccc(Oc2ccnc(C(=O)CCCCN3CCOCC3)c2)cc1. The first-order valence-corrected chi connectivity index (χ1v) is 13.4. The molecule has 1 aliphatic heterocycles. The van der Waals surface area contributed by atoms with Crippen LogP contribution in [0, 0.1) is 0 Å². The topological polar surface area (TPSA) is 81.6 Å². The number of rotatable bonds is 13. The molecule has 0 aliphatic carbocycles. The van der Waals surface area contributed by atoms with Gasteiger partial charge in [-0.3, -0.25) is 24.5 Å². The Bertz CT molecular complexity index is 1260. The summed E-state index contributed by atoms with van der Waals surface area (Å²) in [5, 5.41) is 0. The van der Waals surface area contributed by atoms with Gasteiger partial charge in [-0.15, -0.1) is 0 Å². The van der Waals surface area contributed by atoms with Gasteiger partial charge in [0, 0.05) is 50.8 Å². The molecule has 3 heterocycles. The van der Waals surface area contributed by atoms with Gasteiger partial charge in [-0.1, -0.05) is 18.2 Å². The zero-order chi connectivity index (χ0) is 28.4. The summed E-state index contributed by atoms with van der Waals surface area (Å²) in [7, 11) is 0. The largest absolute Gasteiger partial charge is 0.457 e. The van der Waals surface area contributed by atoms with Crippen molar-refractivity contribution < 1.29 is 32.2 Å². The van der Waals surface area contributed by atoms with Crippen LogP contribution in [-0.4, -0.2) is 59.3 Å². The lowest BCUT2D eigenvalue weighted by Gasteiger charge is -2.26. The van der Waals surface area contributed by atoms with E-state index in [9.17, 15) is 22.8 Å². The van der Waals surface area contributed by atoms with E-state index in [1.54, 1.807) is 42.6 Å². The number of unbranched alkanes of at least 4 members (excludes halogenated alkanes) is 1. The van der Waals surface area contributed by atoms with Crippen molar-refractivity contribution in [1.29, 1.82) is 0 Å². The third kappa shape index (κ3) is 9.24. The minimum atomic E-state index is -4.48. The van der Waals surface area contributed by atoms with Crippen LogP contribution in [0.15, 0.2) is 60.9 Å². The number of pyridine rings is 2. The molecule has 0 atom stereocenters. The van der Waals surface area contributed by atoms with Crippen molar-refractivity contribution in [3.05, 3.63) is 83.4 Å². The molecule has 4 rings (SSSR count). The van der Waals surface area contributed by atoms with Crippen LogP contribution in [0.4, 0.5) is 13.2 Å². The Kier molecular flexibility index (Phi) is 10.4. The zero-order valence-electron chi connectivity index (χ0n) is 22.2. The smallest absolute Gasteiger partial charge is 0.433 e. The van der Waals surface area contributed by atoms with Gasteiger partial charge >= 0.3 is 6.18 Å². The number of ketones is 2. The van der Waals surface area contributed by atoms with Gasteiger partial charge < -0.3 is 9.47 Å². The lowest BCUT2D eigenvalue weighted by atomic mass is 10.0. The highest BCUT2D eigenvalue weighted by Gasteiger charge is 2.32. The Morgan fingerprint density at radius 3 is 2.35 bits per heavy atom. The van der Waals surface area contributed by atoms with E-state index in [-0.39, 0.29) is 24.4 Å². The summed E-state index contributed by atoms with van der Waals surface area (Å²) in [4.78, 5) is 35.0. The molecular weight excluding hydrogens is 523 g/mol. The maximum absolute atomic E-state index is 12.6. The van der Waals surface area contributed by atoms with E-state index < -0.39 is 11.9 Å². The van der Waals surface area contributed by atoms with Crippen LogP contribution >= 0.6 is 0 Å². The monoisotopic (exact) mass is 555 g/mol. The molecule has 0 radical (unpaired) electrons. The Labute approximate surface area is 231 Å². The minimum absolute atomic E-state index is 0.0200. The van der Waals surface area contributed by atoms with Crippen molar-refractivity contribution in [2.75, 3.05) is 32.8 Å². The first-order valence-electron chi connectivity index (χ1n) is 13.4. The predicted molar refractivity (Wildman–Crippen MR) is 142 cm³/mol. The number of ether oxygens (including phenoxy) is 2.